The van der Waals surface area contributed by atoms with Crippen LogP contribution in [0.25, 0.3) is 82.8 Å². The molecule has 1 heterocycles. The lowest BCUT2D eigenvalue weighted by Gasteiger charge is -2.29. The van der Waals surface area contributed by atoms with Gasteiger partial charge < -0.3 is 0 Å². The van der Waals surface area contributed by atoms with Gasteiger partial charge in [-0.25, -0.2) is 4.98 Å². The van der Waals surface area contributed by atoms with Gasteiger partial charge in [0.15, 0.2) is 0 Å². The number of hydrogen-bond donors (Lipinski definition) is 0. The highest BCUT2D eigenvalue weighted by atomic mass is 15.1. The smallest absolute Gasteiger partial charge is 0.139 e. The van der Waals surface area contributed by atoms with Crippen molar-refractivity contribution in [3.63, 3.8) is 0 Å². The number of rotatable bonds is 6. The second kappa shape index (κ2) is 14.3. The van der Waals surface area contributed by atoms with Crippen LogP contribution in [-0.4, -0.2) is 72.3 Å². The number of nitrogens with zero attached hydrogens (tertiary/aromatic N) is 2. The van der Waals surface area contributed by atoms with Crippen molar-refractivity contribution in [1.82, 2.24) is 9.55 Å². The molecule has 0 fully saturated rings. The van der Waals surface area contributed by atoms with Crippen LogP contribution in [0, 0.1) is 0 Å². The van der Waals surface area contributed by atoms with Crippen molar-refractivity contribution in [1.29, 1.82) is 0 Å². The lowest BCUT2D eigenvalue weighted by atomic mass is 9.59. The molecule has 0 aliphatic heterocycles. The Morgan fingerprint density at radius 1 is 0.421 bits per heavy atom. The predicted octanol–water partition coefficient (Wildman–Crippen LogP) is -1.37. The van der Waals surface area contributed by atoms with Crippen LogP contribution in [0.4, 0.5) is 0 Å². The molecule has 0 saturated carbocycles. The maximum atomic E-state index is 4.99. The van der Waals surface area contributed by atoms with E-state index in [-0.39, 0.29) is 0 Å². The van der Waals surface area contributed by atoms with Crippen molar-refractivity contribution in [3.05, 3.63) is 133 Å². The zero-order chi connectivity index (χ0) is 39.7. The van der Waals surface area contributed by atoms with Gasteiger partial charge in [0, 0.05) is 12.1 Å². The highest BCUT2D eigenvalue weighted by Crippen LogP contribution is 2.44. The van der Waals surface area contributed by atoms with Gasteiger partial charge in [0.2, 0.25) is 0 Å². The van der Waals surface area contributed by atoms with Crippen LogP contribution < -0.4 is 43.7 Å². The summed E-state index contributed by atoms with van der Waals surface area (Å²) in [5, 5.41) is 5.43. The molecule has 0 aliphatic rings. The van der Waals surface area contributed by atoms with Crippen molar-refractivity contribution < 1.29 is 0 Å². The maximum absolute atomic E-state index is 4.99. The molecule has 9 rings (SSSR count). The number of para-hydroxylation sites is 2. The van der Waals surface area contributed by atoms with Gasteiger partial charge in [-0.1, -0.05) is 126 Å². The fraction of sp³-hybridized carbons (Fsp3) is 0.0426. The molecule has 0 radical (unpaired) electrons. The van der Waals surface area contributed by atoms with Gasteiger partial charge in [0.25, 0.3) is 0 Å². The Balaban J connectivity index is 1.39. The zero-order valence-corrected chi connectivity index (χ0v) is 34.7. The number of aromatic nitrogens is 2. The van der Waals surface area contributed by atoms with E-state index in [1.807, 2.05) is 0 Å². The van der Waals surface area contributed by atoms with Gasteiger partial charge in [0.05, 0.1) is 11.0 Å². The van der Waals surface area contributed by atoms with E-state index in [1.165, 1.54) is 110 Å². The topological polar surface area (TPSA) is 17.8 Å². The SMILES string of the molecule is Bc1c(B)c(B)c2c(-c3ccccc3-c3ccccc3)c3c(B)c(B)c(B)c(B)c3c(-c3cccc(-c4cccc(-n5c(CC)nc6ccccc65)c4)c3)c2c1B. The largest absolute Gasteiger partial charge is 0.296 e. The Bertz CT molecular complexity index is 3020. The Morgan fingerprint density at radius 2 is 0.895 bits per heavy atom. The van der Waals surface area contributed by atoms with Crippen LogP contribution in [0.2, 0.25) is 0 Å². The average molecular weight is 721 g/mol. The molecule has 264 valence electrons. The molecule has 10 heteroatoms. The summed E-state index contributed by atoms with van der Waals surface area (Å²) in [4.78, 5) is 4.99. The Hall–Kier alpha value is -5.73. The molecular weight excluding hydrogens is 679 g/mol. The van der Waals surface area contributed by atoms with E-state index in [9.17, 15) is 0 Å². The van der Waals surface area contributed by atoms with Crippen LogP contribution in [0.3, 0.4) is 0 Å². The summed E-state index contributed by atoms with van der Waals surface area (Å²) >= 11 is 0. The molecule has 0 aliphatic carbocycles. The summed E-state index contributed by atoms with van der Waals surface area (Å²) in [5.74, 6) is 1.07. The third-order valence-corrected chi connectivity index (χ3v) is 13.2. The molecule has 0 unspecified atom stereocenters. The van der Waals surface area contributed by atoms with E-state index in [1.54, 1.807) is 0 Å². The van der Waals surface area contributed by atoms with Gasteiger partial charge >= 0.3 is 0 Å². The minimum Gasteiger partial charge on any atom is -0.296 e. The molecule has 0 saturated heterocycles. The van der Waals surface area contributed by atoms with Crippen molar-refractivity contribution in [2.24, 2.45) is 0 Å². The first-order valence-electron chi connectivity index (χ1n) is 20.4. The fourth-order valence-corrected chi connectivity index (χ4v) is 9.53. The van der Waals surface area contributed by atoms with E-state index in [0.717, 1.165) is 29.0 Å². The average Bonchev–Trinajstić information content (AvgIpc) is 3.64. The molecule has 8 aromatic carbocycles. The molecule has 0 atom stereocenters. The maximum Gasteiger partial charge on any atom is 0.139 e. The highest BCUT2D eigenvalue weighted by molar-refractivity contribution is 6.71. The number of aryl methyl sites for hydroxylation is 1. The Labute approximate surface area is 343 Å². The zero-order valence-electron chi connectivity index (χ0n) is 34.7. The second-order valence-corrected chi connectivity index (χ2v) is 16.0. The second-order valence-electron chi connectivity index (χ2n) is 16.0. The molecule has 0 bridgehead atoms. The lowest BCUT2D eigenvalue weighted by Crippen LogP contribution is -2.50. The van der Waals surface area contributed by atoms with Gasteiger partial charge in [-0.15, -0.1) is 21.9 Å². The first kappa shape index (κ1) is 36.9. The first-order chi connectivity index (χ1) is 27.6. The van der Waals surface area contributed by atoms with Gasteiger partial charge in [0.1, 0.15) is 68.6 Å². The molecule has 0 amide bonds. The molecule has 0 spiro atoms. The minimum absolute atomic E-state index is 0.857. The summed E-state index contributed by atoms with van der Waals surface area (Å²) < 4.78 is 2.32. The van der Waals surface area contributed by atoms with Crippen LogP contribution >= 0.6 is 0 Å². The van der Waals surface area contributed by atoms with Crippen LogP contribution in [-0.2, 0) is 6.42 Å². The first-order valence-corrected chi connectivity index (χ1v) is 20.4. The summed E-state index contributed by atoms with van der Waals surface area (Å²) in [7, 11) is 18.7. The van der Waals surface area contributed by atoms with Crippen LogP contribution in [0.5, 0.6) is 0 Å². The van der Waals surface area contributed by atoms with Crippen molar-refractivity contribution in [2.45, 2.75) is 13.3 Å². The van der Waals surface area contributed by atoms with Gasteiger partial charge in [-0.2, -0.15) is 0 Å². The number of fused-ring (bicyclic) bond motifs is 3. The minimum atomic E-state index is 0.857. The third kappa shape index (κ3) is 5.79. The van der Waals surface area contributed by atoms with E-state index in [2.05, 4.69) is 202 Å². The molecular formula is C47H42B8N2. The third-order valence-electron chi connectivity index (χ3n) is 13.2. The molecule has 9 aromatic rings. The van der Waals surface area contributed by atoms with Crippen LogP contribution in [0.15, 0.2) is 127 Å². The number of imidazole rings is 1. The van der Waals surface area contributed by atoms with E-state index < -0.39 is 0 Å². The van der Waals surface area contributed by atoms with E-state index in [0.29, 0.717) is 0 Å². The molecule has 57 heavy (non-hydrogen) atoms. The molecule has 2 nitrogen and oxygen atoms in total. The summed E-state index contributed by atoms with van der Waals surface area (Å²) in [6.45, 7) is 2.19. The Morgan fingerprint density at radius 3 is 1.51 bits per heavy atom. The molecule has 1 aromatic heterocycles. The number of hydrogen-bond acceptors (Lipinski definition) is 1. The van der Waals surface area contributed by atoms with Crippen molar-refractivity contribution in [3.8, 4) is 50.2 Å². The summed E-state index contributed by atoms with van der Waals surface area (Å²) in [5.41, 5.74) is 24.3. The van der Waals surface area contributed by atoms with E-state index in [4.69, 9.17) is 4.98 Å². The monoisotopic (exact) mass is 722 g/mol. The molecule has 0 N–H and O–H groups in total. The Kier molecular flexibility index (Phi) is 9.27. The highest BCUT2D eigenvalue weighted by Gasteiger charge is 2.26. The van der Waals surface area contributed by atoms with Gasteiger partial charge in [-0.3, -0.25) is 4.57 Å². The normalized spacial score (nSPS) is 11.5. The summed E-state index contributed by atoms with van der Waals surface area (Å²) in [6.07, 6.45) is 0.857. The van der Waals surface area contributed by atoms with Gasteiger partial charge in [-0.05, 0) is 96.4 Å². The quantitative estimate of drug-likeness (QED) is 0.153. The van der Waals surface area contributed by atoms with Crippen molar-refractivity contribution in [2.75, 3.05) is 0 Å². The number of benzene rings is 8. The summed E-state index contributed by atoms with van der Waals surface area (Å²) in [6, 6.07) is 46.7. The standard InChI is InChI=1S/C47H42B8N2/c1-2-33-56-31-20-8-9-21-32(31)57(33)28-17-11-15-26(23-28)25-14-10-16-27(22-25)34-36-38(42(50)46(54)44(52)40(36)48)35(39-37(34)41(49)45(53)47(55)43(39)51)30-19-7-6-18-29(30)24-12-4-3-5-13-24/h3-23H,2,48-55H2,1H3. The van der Waals surface area contributed by atoms with Crippen molar-refractivity contribution >= 4 is 139 Å². The fourth-order valence-electron chi connectivity index (χ4n) is 9.53. The lowest BCUT2D eigenvalue weighted by molar-refractivity contribution is 0.908. The predicted molar refractivity (Wildman–Crippen MR) is 273 cm³/mol. The van der Waals surface area contributed by atoms with Crippen LogP contribution in [0.1, 0.15) is 12.7 Å². The van der Waals surface area contributed by atoms with E-state index >= 15 is 0 Å².